The number of fused-ring (bicyclic) bond motifs is 1. The molecule has 118 valence electrons. The molecule has 0 saturated carbocycles. The molecule has 0 radical (unpaired) electrons. The van der Waals surface area contributed by atoms with Crippen LogP contribution in [0.5, 0.6) is 0 Å². The molecule has 0 aliphatic carbocycles. The van der Waals surface area contributed by atoms with Gasteiger partial charge in [0.2, 0.25) is 0 Å². The largest absolute Gasteiger partial charge is 0.459 e. The summed E-state index contributed by atoms with van der Waals surface area (Å²) in [5, 5.41) is 3.83. The molecule has 0 fully saturated rings. The zero-order valence-electron chi connectivity index (χ0n) is 13.3. The number of nitrogens with zero attached hydrogens (tertiary/aromatic N) is 3. The third-order valence-electron chi connectivity index (χ3n) is 3.72. The maximum Gasteiger partial charge on any atom is 0.310 e. The molecule has 0 aliphatic heterocycles. The number of carbonyl (C=O) groups is 1. The van der Waals surface area contributed by atoms with Crippen molar-refractivity contribution in [2.75, 3.05) is 0 Å². The van der Waals surface area contributed by atoms with Crippen LogP contribution < -0.4 is 0 Å². The van der Waals surface area contributed by atoms with E-state index in [4.69, 9.17) is 9.26 Å². The quantitative estimate of drug-likeness (QED) is 0.689. The minimum Gasteiger partial charge on any atom is -0.459 e. The number of aryl methyl sites for hydroxylation is 3. The first-order valence-electron chi connectivity index (χ1n) is 7.34. The molecule has 1 aromatic carbocycles. The average molecular weight is 311 g/mol. The predicted molar refractivity (Wildman–Crippen MR) is 83.8 cm³/mol. The lowest BCUT2D eigenvalue weighted by Gasteiger charge is -2.08. The lowest BCUT2D eigenvalue weighted by atomic mass is 10.1. The van der Waals surface area contributed by atoms with Crippen molar-refractivity contribution in [3.05, 3.63) is 52.7 Å². The van der Waals surface area contributed by atoms with Crippen molar-refractivity contribution in [1.29, 1.82) is 0 Å². The average Bonchev–Trinajstić information content (AvgIpc) is 2.85. The van der Waals surface area contributed by atoms with Crippen LogP contribution in [-0.2, 0) is 22.6 Å². The SMILES string of the molecule is Cc1nc2ccccc2nc1COC(=O)Cc1c(C)noc1C. The van der Waals surface area contributed by atoms with Crippen LogP contribution in [0, 0.1) is 20.8 Å². The van der Waals surface area contributed by atoms with E-state index >= 15 is 0 Å². The van der Waals surface area contributed by atoms with Gasteiger partial charge in [-0.25, -0.2) is 9.97 Å². The van der Waals surface area contributed by atoms with E-state index in [9.17, 15) is 4.79 Å². The summed E-state index contributed by atoms with van der Waals surface area (Å²) in [5.74, 6) is 0.301. The van der Waals surface area contributed by atoms with E-state index < -0.39 is 0 Å². The fourth-order valence-electron chi connectivity index (χ4n) is 2.36. The Morgan fingerprint density at radius 2 is 1.78 bits per heavy atom. The summed E-state index contributed by atoms with van der Waals surface area (Å²) in [4.78, 5) is 21.0. The van der Waals surface area contributed by atoms with Crippen molar-refractivity contribution in [1.82, 2.24) is 15.1 Å². The van der Waals surface area contributed by atoms with E-state index in [1.54, 1.807) is 13.8 Å². The van der Waals surface area contributed by atoms with Crippen LogP contribution in [-0.4, -0.2) is 21.1 Å². The van der Waals surface area contributed by atoms with Gasteiger partial charge < -0.3 is 9.26 Å². The lowest BCUT2D eigenvalue weighted by Crippen LogP contribution is -2.11. The molecule has 2 aromatic heterocycles. The highest BCUT2D eigenvalue weighted by atomic mass is 16.5. The second-order valence-electron chi connectivity index (χ2n) is 5.38. The third-order valence-corrected chi connectivity index (χ3v) is 3.72. The minimum atomic E-state index is -0.339. The number of esters is 1. The first kappa shape index (κ1) is 15.1. The Morgan fingerprint density at radius 3 is 2.43 bits per heavy atom. The van der Waals surface area contributed by atoms with Gasteiger partial charge in [-0.15, -0.1) is 0 Å². The summed E-state index contributed by atoms with van der Waals surface area (Å²) in [6.07, 6.45) is 0.140. The highest BCUT2D eigenvalue weighted by Gasteiger charge is 2.15. The van der Waals surface area contributed by atoms with Crippen LogP contribution in [0.3, 0.4) is 0 Å². The number of carbonyl (C=O) groups excluding carboxylic acids is 1. The number of hydrogen-bond donors (Lipinski definition) is 0. The van der Waals surface area contributed by atoms with E-state index in [-0.39, 0.29) is 19.0 Å². The Morgan fingerprint density at radius 1 is 1.09 bits per heavy atom. The van der Waals surface area contributed by atoms with Gasteiger partial charge in [0.05, 0.1) is 34.5 Å². The molecule has 2 heterocycles. The highest BCUT2D eigenvalue weighted by molar-refractivity contribution is 5.75. The molecule has 0 saturated heterocycles. The van der Waals surface area contributed by atoms with Gasteiger partial charge >= 0.3 is 5.97 Å². The van der Waals surface area contributed by atoms with Crippen molar-refractivity contribution >= 4 is 17.0 Å². The Labute approximate surface area is 133 Å². The number of hydrogen-bond acceptors (Lipinski definition) is 6. The molecule has 0 bridgehead atoms. The molecule has 23 heavy (non-hydrogen) atoms. The summed E-state index contributed by atoms with van der Waals surface area (Å²) in [6.45, 7) is 5.54. The molecular formula is C17H17N3O3. The summed E-state index contributed by atoms with van der Waals surface area (Å²) in [7, 11) is 0. The van der Waals surface area contributed by atoms with Gasteiger partial charge in [-0.2, -0.15) is 0 Å². The van der Waals surface area contributed by atoms with Crippen LogP contribution in [0.25, 0.3) is 11.0 Å². The van der Waals surface area contributed by atoms with Crippen molar-refractivity contribution in [3.63, 3.8) is 0 Å². The maximum atomic E-state index is 12.0. The van der Waals surface area contributed by atoms with E-state index in [0.717, 1.165) is 22.3 Å². The van der Waals surface area contributed by atoms with E-state index in [1.807, 2.05) is 31.2 Å². The zero-order chi connectivity index (χ0) is 16.4. The van der Waals surface area contributed by atoms with Gasteiger partial charge in [0.15, 0.2) is 0 Å². The molecule has 3 rings (SSSR count). The van der Waals surface area contributed by atoms with E-state index in [0.29, 0.717) is 17.1 Å². The molecule has 0 unspecified atom stereocenters. The second-order valence-corrected chi connectivity index (χ2v) is 5.38. The van der Waals surface area contributed by atoms with Gasteiger partial charge in [-0.3, -0.25) is 4.79 Å². The van der Waals surface area contributed by atoms with Crippen LogP contribution in [0.1, 0.15) is 28.4 Å². The van der Waals surface area contributed by atoms with Gasteiger partial charge in [-0.05, 0) is 32.9 Å². The first-order chi connectivity index (χ1) is 11.0. The topological polar surface area (TPSA) is 78.1 Å². The van der Waals surface area contributed by atoms with Gasteiger partial charge in [0.25, 0.3) is 0 Å². The van der Waals surface area contributed by atoms with Gasteiger partial charge in [-0.1, -0.05) is 17.3 Å². The minimum absolute atomic E-state index is 0.103. The summed E-state index contributed by atoms with van der Waals surface area (Å²) in [6, 6.07) is 7.61. The smallest absolute Gasteiger partial charge is 0.310 e. The third kappa shape index (κ3) is 3.21. The number of aromatic nitrogens is 3. The molecule has 0 aliphatic rings. The number of benzene rings is 1. The Kier molecular flexibility index (Phi) is 4.06. The number of rotatable bonds is 4. The summed E-state index contributed by atoms with van der Waals surface area (Å²) in [5.41, 5.74) is 4.52. The Hall–Kier alpha value is -2.76. The standard InChI is InChI=1S/C17H17N3O3/c1-10-13(12(3)23-20-10)8-17(21)22-9-16-11(2)18-14-6-4-5-7-15(14)19-16/h4-7H,8-9H2,1-3H3. The van der Waals surface area contributed by atoms with Crippen molar-refractivity contribution in [2.45, 2.75) is 33.8 Å². The van der Waals surface area contributed by atoms with Crippen LogP contribution >= 0.6 is 0 Å². The van der Waals surface area contributed by atoms with Crippen LogP contribution in [0.4, 0.5) is 0 Å². The normalized spacial score (nSPS) is 10.9. The molecule has 3 aromatic rings. The fourth-order valence-corrected chi connectivity index (χ4v) is 2.36. The van der Waals surface area contributed by atoms with E-state index in [1.165, 1.54) is 0 Å². The van der Waals surface area contributed by atoms with Crippen molar-refractivity contribution in [3.8, 4) is 0 Å². The van der Waals surface area contributed by atoms with Crippen molar-refractivity contribution < 1.29 is 14.1 Å². The monoisotopic (exact) mass is 311 g/mol. The van der Waals surface area contributed by atoms with Gasteiger partial charge in [0, 0.05) is 5.56 Å². The second kappa shape index (κ2) is 6.16. The molecule has 0 N–H and O–H groups in total. The molecule has 0 amide bonds. The molecular weight excluding hydrogens is 294 g/mol. The van der Waals surface area contributed by atoms with E-state index in [2.05, 4.69) is 15.1 Å². The molecule has 0 atom stereocenters. The molecule has 0 spiro atoms. The predicted octanol–water partition coefficient (Wildman–Crippen LogP) is 2.83. The number of ether oxygens (including phenoxy) is 1. The van der Waals surface area contributed by atoms with Crippen LogP contribution in [0.2, 0.25) is 0 Å². The highest BCUT2D eigenvalue weighted by Crippen LogP contribution is 2.15. The molecule has 6 heteroatoms. The summed E-state index contributed by atoms with van der Waals surface area (Å²) >= 11 is 0. The summed E-state index contributed by atoms with van der Waals surface area (Å²) < 4.78 is 10.4. The Bertz CT molecular complexity index is 851. The Balaban J connectivity index is 1.70. The molecule has 6 nitrogen and oxygen atoms in total. The maximum absolute atomic E-state index is 12.0. The van der Waals surface area contributed by atoms with Crippen LogP contribution in [0.15, 0.2) is 28.8 Å². The van der Waals surface area contributed by atoms with Crippen molar-refractivity contribution in [2.24, 2.45) is 0 Å². The first-order valence-corrected chi connectivity index (χ1v) is 7.34. The van der Waals surface area contributed by atoms with Gasteiger partial charge in [0.1, 0.15) is 12.4 Å². The lowest BCUT2D eigenvalue weighted by molar-refractivity contribution is -0.144. The fraction of sp³-hybridized carbons (Fsp3) is 0.294. The zero-order valence-corrected chi connectivity index (χ0v) is 13.3. The number of para-hydroxylation sites is 2.